The number of fused-ring (bicyclic) bond motifs is 4. The topological polar surface area (TPSA) is 42.8 Å². The van der Waals surface area contributed by atoms with E-state index >= 15 is 0 Å². The lowest BCUT2D eigenvalue weighted by atomic mass is 10.0. The molecule has 4 aromatic rings. The molecule has 0 aliphatic carbocycles. The zero-order valence-electron chi connectivity index (χ0n) is 17.9. The van der Waals surface area contributed by atoms with Gasteiger partial charge < -0.3 is 23.8 Å². The number of aromatic nitrogens is 2. The summed E-state index contributed by atoms with van der Waals surface area (Å²) in [5.41, 5.74) is 6.50. The highest BCUT2D eigenvalue weighted by Gasteiger charge is 2.24. The zero-order valence-corrected chi connectivity index (χ0v) is 18.7. The van der Waals surface area contributed by atoms with Gasteiger partial charge in [-0.1, -0.05) is 11.3 Å². The highest BCUT2D eigenvalue weighted by Crippen LogP contribution is 2.36. The average molecular weight is 435 g/mol. The van der Waals surface area contributed by atoms with Gasteiger partial charge in [0.05, 0.1) is 37.1 Å². The maximum absolute atomic E-state index is 5.49. The Morgan fingerprint density at radius 3 is 2.74 bits per heavy atom. The van der Waals surface area contributed by atoms with Gasteiger partial charge in [-0.3, -0.25) is 0 Å². The quantitative estimate of drug-likeness (QED) is 0.484. The van der Waals surface area contributed by atoms with Crippen LogP contribution in [0, 0.1) is 0 Å². The molecule has 1 fully saturated rings. The molecule has 0 atom stereocenters. The van der Waals surface area contributed by atoms with Crippen LogP contribution in [0.2, 0.25) is 0 Å². The summed E-state index contributed by atoms with van der Waals surface area (Å²) in [7, 11) is 3.91. The minimum absolute atomic E-state index is 0.786. The lowest BCUT2D eigenvalue weighted by molar-refractivity contribution is 0.122. The Balaban J connectivity index is 1.32. The molecular formula is C24H26N4O2S. The Bertz CT molecular complexity index is 1270. The molecule has 7 heteroatoms. The molecular weight excluding hydrogens is 408 g/mol. The summed E-state index contributed by atoms with van der Waals surface area (Å²) >= 11 is 1.79. The molecule has 0 bridgehead atoms. The molecule has 0 N–H and O–H groups in total. The van der Waals surface area contributed by atoms with Crippen molar-refractivity contribution in [3.05, 3.63) is 47.7 Å². The van der Waals surface area contributed by atoms with Crippen molar-refractivity contribution in [2.24, 2.45) is 7.05 Å². The van der Waals surface area contributed by atoms with Gasteiger partial charge in [0.25, 0.3) is 0 Å². The first kappa shape index (κ1) is 19.0. The molecule has 2 aliphatic heterocycles. The van der Waals surface area contributed by atoms with Gasteiger partial charge in [0.15, 0.2) is 5.13 Å². The Kier molecular flexibility index (Phi) is 4.54. The highest BCUT2D eigenvalue weighted by molar-refractivity contribution is 7.22. The molecule has 0 amide bonds. The lowest BCUT2D eigenvalue weighted by Gasteiger charge is -2.30. The standard InChI is InChI=1S/C24H26N4O2S/c1-26-21-6-4-17(29-2)14-19(21)18-7-8-28(15-22(18)26)16-3-5-20-23(13-16)31-24(25-20)27-9-11-30-12-10-27/h3-6,13-14H,7-12,15H2,1-2H3. The third-order valence-corrected chi connectivity index (χ3v) is 7.70. The van der Waals surface area contributed by atoms with Gasteiger partial charge in [-0.15, -0.1) is 0 Å². The van der Waals surface area contributed by atoms with Crippen LogP contribution in [-0.4, -0.2) is 49.5 Å². The second-order valence-electron chi connectivity index (χ2n) is 8.29. The molecule has 6 nitrogen and oxygen atoms in total. The fourth-order valence-electron chi connectivity index (χ4n) is 4.87. The first-order valence-corrected chi connectivity index (χ1v) is 11.7. The lowest BCUT2D eigenvalue weighted by Crippen LogP contribution is -2.36. The fraction of sp³-hybridized carbons (Fsp3) is 0.375. The van der Waals surface area contributed by atoms with Crippen molar-refractivity contribution in [1.29, 1.82) is 0 Å². The van der Waals surface area contributed by atoms with Gasteiger partial charge in [0.1, 0.15) is 5.75 Å². The van der Waals surface area contributed by atoms with Gasteiger partial charge in [-0.2, -0.15) is 0 Å². The number of hydrogen-bond acceptors (Lipinski definition) is 6. The van der Waals surface area contributed by atoms with Crippen molar-refractivity contribution in [3.8, 4) is 5.75 Å². The van der Waals surface area contributed by atoms with E-state index in [1.165, 1.54) is 32.5 Å². The summed E-state index contributed by atoms with van der Waals surface area (Å²) in [6.07, 6.45) is 1.04. The molecule has 2 aliphatic rings. The zero-order chi connectivity index (χ0) is 20.9. The summed E-state index contributed by atoms with van der Waals surface area (Å²) in [5.74, 6) is 0.926. The molecule has 31 heavy (non-hydrogen) atoms. The third-order valence-electron chi connectivity index (χ3n) is 6.62. The molecule has 4 heterocycles. The number of methoxy groups -OCH3 is 1. The van der Waals surface area contributed by atoms with E-state index in [0.29, 0.717) is 0 Å². The van der Waals surface area contributed by atoms with E-state index in [1.54, 1.807) is 18.4 Å². The molecule has 6 rings (SSSR count). The number of benzene rings is 2. The van der Waals surface area contributed by atoms with Gasteiger partial charge >= 0.3 is 0 Å². The predicted molar refractivity (Wildman–Crippen MR) is 127 cm³/mol. The Morgan fingerprint density at radius 2 is 1.90 bits per heavy atom. The normalized spacial score (nSPS) is 16.8. The van der Waals surface area contributed by atoms with E-state index < -0.39 is 0 Å². The molecule has 0 saturated carbocycles. The maximum atomic E-state index is 5.49. The largest absolute Gasteiger partial charge is 0.497 e. The maximum Gasteiger partial charge on any atom is 0.186 e. The van der Waals surface area contributed by atoms with Gasteiger partial charge in [-0.05, 0) is 48.4 Å². The number of aryl methyl sites for hydroxylation is 1. The number of nitrogens with zero attached hydrogens (tertiary/aromatic N) is 4. The summed E-state index contributed by atoms with van der Waals surface area (Å²) < 4.78 is 14.6. The third kappa shape index (κ3) is 3.15. The van der Waals surface area contributed by atoms with E-state index in [2.05, 4.69) is 57.8 Å². The van der Waals surface area contributed by atoms with Crippen molar-refractivity contribution in [1.82, 2.24) is 9.55 Å². The smallest absolute Gasteiger partial charge is 0.186 e. The van der Waals surface area contributed by atoms with E-state index in [9.17, 15) is 0 Å². The minimum Gasteiger partial charge on any atom is -0.497 e. The number of ether oxygens (including phenoxy) is 2. The van der Waals surface area contributed by atoms with E-state index in [0.717, 1.165) is 62.2 Å². The van der Waals surface area contributed by atoms with Crippen molar-refractivity contribution < 1.29 is 9.47 Å². The van der Waals surface area contributed by atoms with Crippen molar-refractivity contribution in [3.63, 3.8) is 0 Å². The minimum atomic E-state index is 0.786. The molecule has 2 aromatic heterocycles. The molecule has 160 valence electrons. The number of hydrogen-bond donors (Lipinski definition) is 0. The van der Waals surface area contributed by atoms with E-state index in [1.807, 2.05) is 0 Å². The van der Waals surface area contributed by atoms with Crippen LogP contribution in [0.3, 0.4) is 0 Å². The average Bonchev–Trinajstić information content (AvgIpc) is 3.38. The monoisotopic (exact) mass is 434 g/mol. The highest BCUT2D eigenvalue weighted by atomic mass is 32.1. The van der Waals surface area contributed by atoms with Crippen molar-refractivity contribution in [2.45, 2.75) is 13.0 Å². The summed E-state index contributed by atoms with van der Waals surface area (Å²) in [6.45, 7) is 5.36. The van der Waals surface area contributed by atoms with Crippen LogP contribution in [0.4, 0.5) is 10.8 Å². The molecule has 0 spiro atoms. The number of anilines is 2. The second-order valence-corrected chi connectivity index (χ2v) is 9.30. The van der Waals surface area contributed by atoms with Crippen molar-refractivity contribution in [2.75, 3.05) is 49.8 Å². The van der Waals surface area contributed by atoms with Gasteiger partial charge in [-0.25, -0.2) is 4.98 Å². The summed E-state index contributed by atoms with van der Waals surface area (Å²) in [5, 5.41) is 2.43. The van der Waals surface area contributed by atoms with Crippen LogP contribution in [0.5, 0.6) is 5.75 Å². The SMILES string of the molecule is COc1ccc2c(c1)c1c(n2C)CN(c2ccc3nc(N4CCOCC4)sc3c2)CC1. The summed E-state index contributed by atoms with van der Waals surface area (Å²) in [6, 6.07) is 13.1. The number of rotatable bonds is 3. The van der Waals surface area contributed by atoms with Gasteiger partial charge in [0, 0.05) is 49.0 Å². The Morgan fingerprint density at radius 1 is 1.03 bits per heavy atom. The van der Waals surface area contributed by atoms with E-state index in [-0.39, 0.29) is 0 Å². The molecule has 0 unspecified atom stereocenters. The van der Waals surface area contributed by atoms with Crippen LogP contribution in [0.25, 0.3) is 21.1 Å². The van der Waals surface area contributed by atoms with Crippen LogP contribution in [-0.2, 0) is 24.8 Å². The molecule has 2 aromatic carbocycles. The first-order valence-electron chi connectivity index (χ1n) is 10.8. The second kappa shape index (κ2) is 7.43. The molecule has 0 radical (unpaired) electrons. The molecule has 1 saturated heterocycles. The Hall–Kier alpha value is -2.77. The van der Waals surface area contributed by atoms with Crippen molar-refractivity contribution >= 4 is 43.3 Å². The van der Waals surface area contributed by atoms with Crippen LogP contribution >= 0.6 is 11.3 Å². The predicted octanol–water partition coefficient (Wildman–Crippen LogP) is 4.20. The van der Waals surface area contributed by atoms with Crippen LogP contribution in [0.15, 0.2) is 36.4 Å². The van der Waals surface area contributed by atoms with E-state index in [4.69, 9.17) is 14.5 Å². The summed E-state index contributed by atoms with van der Waals surface area (Å²) in [4.78, 5) is 9.70. The van der Waals surface area contributed by atoms with Gasteiger partial charge in [0.2, 0.25) is 0 Å². The fourth-order valence-corrected chi connectivity index (χ4v) is 5.93. The van der Waals surface area contributed by atoms with Crippen LogP contribution in [0.1, 0.15) is 11.3 Å². The van der Waals surface area contributed by atoms with Crippen LogP contribution < -0.4 is 14.5 Å². The number of thiazole rings is 1. The first-order chi connectivity index (χ1) is 15.2. The Labute approximate surface area is 185 Å². The number of morpholine rings is 1.